The largest absolute Gasteiger partial charge is 0.457 e. The van der Waals surface area contributed by atoms with E-state index in [0.29, 0.717) is 17.0 Å². The molecule has 3 nitrogen and oxygen atoms in total. The Morgan fingerprint density at radius 3 is 2.78 bits per heavy atom. The predicted molar refractivity (Wildman–Crippen MR) is 115 cm³/mol. The van der Waals surface area contributed by atoms with Crippen molar-refractivity contribution < 1.29 is 4.74 Å². The van der Waals surface area contributed by atoms with E-state index in [4.69, 9.17) is 16.3 Å². The van der Waals surface area contributed by atoms with Gasteiger partial charge in [-0.2, -0.15) is 0 Å². The van der Waals surface area contributed by atoms with Crippen LogP contribution in [0, 0.1) is 6.92 Å². The van der Waals surface area contributed by atoms with E-state index in [-0.39, 0.29) is 0 Å². The van der Waals surface area contributed by atoms with Gasteiger partial charge in [-0.15, -0.1) is 0 Å². The lowest BCUT2D eigenvalue weighted by molar-refractivity contribution is 0.266. The molecule has 27 heavy (non-hydrogen) atoms. The standard InChI is InChI=1S/C23H29ClN2O/c1-16(2)19-9-7-10-20(13-19)27-23-14-21(24)22(12-17(23)3)25-15-26-11-6-5-8-18(26)4/h7,9-10,12-16,18H,5-6,8,11H2,1-4H3. The molecule has 2 aromatic carbocycles. The van der Waals surface area contributed by atoms with Crippen LogP contribution in [0.15, 0.2) is 41.4 Å². The maximum absolute atomic E-state index is 6.49. The van der Waals surface area contributed by atoms with Crippen molar-refractivity contribution in [2.75, 3.05) is 6.54 Å². The Morgan fingerprint density at radius 1 is 1.22 bits per heavy atom. The van der Waals surface area contributed by atoms with Crippen LogP contribution >= 0.6 is 11.6 Å². The van der Waals surface area contributed by atoms with Gasteiger partial charge in [0.1, 0.15) is 11.5 Å². The molecule has 1 aliphatic heterocycles. The molecule has 3 rings (SSSR count). The summed E-state index contributed by atoms with van der Waals surface area (Å²) in [5, 5.41) is 0.608. The lowest BCUT2D eigenvalue weighted by Crippen LogP contribution is -2.36. The van der Waals surface area contributed by atoms with Gasteiger partial charge in [0.15, 0.2) is 0 Å². The fourth-order valence-electron chi connectivity index (χ4n) is 3.35. The fourth-order valence-corrected chi connectivity index (χ4v) is 3.55. The number of likely N-dealkylation sites (tertiary alicyclic amines) is 1. The molecule has 0 bridgehead atoms. The van der Waals surface area contributed by atoms with Crippen molar-refractivity contribution in [1.82, 2.24) is 4.90 Å². The van der Waals surface area contributed by atoms with Crippen LogP contribution in [-0.2, 0) is 0 Å². The molecule has 1 aliphatic rings. The molecule has 2 aromatic rings. The van der Waals surface area contributed by atoms with Crippen molar-refractivity contribution in [2.24, 2.45) is 4.99 Å². The first-order valence-corrected chi connectivity index (χ1v) is 10.2. The van der Waals surface area contributed by atoms with Gasteiger partial charge >= 0.3 is 0 Å². The second-order valence-corrected chi connectivity index (χ2v) is 8.13. The molecule has 0 saturated carbocycles. The zero-order valence-electron chi connectivity index (χ0n) is 16.7. The predicted octanol–water partition coefficient (Wildman–Crippen LogP) is 7.10. The van der Waals surface area contributed by atoms with Crippen LogP contribution in [0.5, 0.6) is 11.5 Å². The van der Waals surface area contributed by atoms with Crippen LogP contribution in [0.25, 0.3) is 0 Å². The van der Waals surface area contributed by atoms with Gasteiger partial charge in [-0.05, 0) is 68.4 Å². The average Bonchev–Trinajstić information content (AvgIpc) is 2.64. The molecule has 1 saturated heterocycles. The second kappa shape index (κ2) is 8.79. The van der Waals surface area contributed by atoms with E-state index in [2.05, 4.69) is 42.8 Å². The molecule has 1 unspecified atom stereocenters. The number of rotatable bonds is 5. The van der Waals surface area contributed by atoms with E-state index in [1.807, 2.05) is 37.5 Å². The monoisotopic (exact) mass is 384 g/mol. The second-order valence-electron chi connectivity index (χ2n) is 7.73. The van der Waals surface area contributed by atoms with Gasteiger partial charge in [0.2, 0.25) is 0 Å². The maximum Gasteiger partial charge on any atom is 0.131 e. The number of hydrogen-bond acceptors (Lipinski definition) is 2. The van der Waals surface area contributed by atoms with Crippen LogP contribution < -0.4 is 4.74 Å². The van der Waals surface area contributed by atoms with Crippen LogP contribution in [0.1, 0.15) is 57.1 Å². The first kappa shape index (κ1) is 19.8. The van der Waals surface area contributed by atoms with Crippen molar-refractivity contribution in [3.8, 4) is 11.5 Å². The summed E-state index contributed by atoms with van der Waals surface area (Å²) >= 11 is 6.49. The number of ether oxygens (including phenoxy) is 1. The SMILES string of the molecule is Cc1cc(N=CN2CCCCC2C)c(Cl)cc1Oc1cccc(C(C)C)c1. The summed E-state index contributed by atoms with van der Waals surface area (Å²) < 4.78 is 6.10. The number of aryl methyl sites for hydroxylation is 1. The van der Waals surface area contributed by atoms with Crippen molar-refractivity contribution in [1.29, 1.82) is 0 Å². The number of benzene rings is 2. The molecule has 144 valence electrons. The number of halogens is 1. The Bertz CT molecular complexity index is 816. The zero-order chi connectivity index (χ0) is 19.4. The Morgan fingerprint density at radius 2 is 2.04 bits per heavy atom. The number of aliphatic imine (C=N–C) groups is 1. The van der Waals surface area contributed by atoms with Crippen molar-refractivity contribution >= 4 is 23.6 Å². The molecule has 0 aromatic heterocycles. The molecular weight excluding hydrogens is 356 g/mol. The van der Waals surface area contributed by atoms with Crippen LogP contribution in [0.3, 0.4) is 0 Å². The molecule has 0 amide bonds. The number of nitrogens with zero attached hydrogens (tertiary/aromatic N) is 2. The lowest BCUT2D eigenvalue weighted by atomic mass is 10.0. The van der Waals surface area contributed by atoms with Gasteiger partial charge in [-0.3, -0.25) is 0 Å². The topological polar surface area (TPSA) is 24.8 Å². The Labute approximate surface area is 168 Å². The first-order valence-electron chi connectivity index (χ1n) is 9.82. The lowest BCUT2D eigenvalue weighted by Gasteiger charge is -2.31. The highest BCUT2D eigenvalue weighted by Gasteiger charge is 2.15. The third kappa shape index (κ3) is 5.04. The highest BCUT2D eigenvalue weighted by molar-refractivity contribution is 6.33. The summed E-state index contributed by atoms with van der Waals surface area (Å²) in [7, 11) is 0. The molecule has 1 heterocycles. The average molecular weight is 385 g/mol. The minimum Gasteiger partial charge on any atom is -0.457 e. The summed E-state index contributed by atoms with van der Waals surface area (Å²) in [6.45, 7) is 9.70. The summed E-state index contributed by atoms with van der Waals surface area (Å²) in [5.41, 5.74) is 3.07. The van der Waals surface area contributed by atoms with Gasteiger partial charge in [-0.1, -0.05) is 37.6 Å². The molecule has 1 fully saturated rings. The summed E-state index contributed by atoms with van der Waals surface area (Å²) in [6, 6.07) is 12.6. The van der Waals surface area contributed by atoms with Gasteiger partial charge in [0.25, 0.3) is 0 Å². The van der Waals surface area contributed by atoms with E-state index in [1.165, 1.54) is 24.8 Å². The number of piperidine rings is 1. The summed E-state index contributed by atoms with van der Waals surface area (Å²) in [5.74, 6) is 2.07. The minimum atomic E-state index is 0.465. The quantitative estimate of drug-likeness (QED) is 0.405. The van der Waals surface area contributed by atoms with E-state index in [9.17, 15) is 0 Å². The van der Waals surface area contributed by atoms with Crippen molar-refractivity contribution in [2.45, 2.75) is 58.9 Å². The minimum absolute atomic E-state index is 0.465. The third-order valence-electron chi connectivity index (χ3n) is 5.20. The van der Waals surface area contributed by atoms with Gasteiger partial charge in [0.05, 0.1) is 17.0 Å². The highest BCUT2D eigenvalue weighted by atomic mass is 35.5. The van der Waals surface area contributed by atoms with Gasteiger partial charge < -0.3 is 9.64 Å². The number of hydrogen-bond donors (Lipinski definition) is 0. The van der Waals surface area contributed by atoms with Crippen molar-refractivity contribution in [3.63, 3.8) is 0 Å². The first-order chi connectivity index (χ1) is 12.9. The maximum atomic E-state index is 6.49. The zero-order valence-corrected chi connectivity index (χ0v) is 17.5. The molecule has 1 atom stereocenters. The fraction of sp³-hybridized carbons (Fsp3) is 0.435. The molecule has 4 heteroatoms. The van der Waals surface area contributed by atoms with Crippen LogP contribution in [0.2, 0.25) is 5.02 Å². The van der Waals surface area contributed by atoms with E-state index in [1.54, 1.807) is 0 Å². The van der Waals surface area contributed by atoms with Crippen molar-refractivity contribution in [3.05, 3.63) is 52.5 Å². The van der Waals surface area contributed by atoms with Crippen LogP contribution in [0.4, 0.5) is 5.69 Å². The van der Waals surface area contributed by atoms with Crippen LogP contribution in [-0.4, -0.2) is 23.8 Å². The summed E-state index contributed by atoms with van der Waals surface area (Å²) in [6.07, 6.45) is 5.69. The Balaban J connectivity index is 1.77. The molecule has 0 spiro atoms. The molecule has 0 radical (unpaired) electrons. The third-order valence-corrected chi connectivity index (χ3v) is 5.50. The smallest absolute Gasteiger partial charge is 0.131 e. The van der Waals surface area contributed by atoms with E-state index in [0.717, 1.165) is 29.3 Å². The van der Waals surface area contributed by atoms with E-state index >= 15 is 0 Å². The Kier molecular flexibility index (Phi) is 6.43. The van der Waals surface area contributed by atoms with Gasteiger partial charge in [0, 0.05) is 18.7 Å². The Hall–Kier alpha value is -2.00. The normalized spacial score (nSPS) is 17.7. The highest BCUT2D eigenvalue weighted by Crippen LogP contribution is 2.35. The van der Waals surface area contributed by atoms with Gasteiger partial charge in [-0.25, -0.2) is 4.99 Å². The molecule has 0 N–H and O–H groups in total. The molecule has 0 aliphatic carbocycles. The molecular formula is C23H29ClN2O. The summed E-state index contributed by atoms with van der Waals surface area (Å²) in [4.78, 5) is 6.94. The van der Waals surface area contributed by atoms with E-state index < -0.39 is 0 Å².